The molecule has 5 heteroatoms. The zero-order valence-electron chi connectivity index (χ0n) is 13.5. The van der Waals surface area contributed by atoms with Gasteiger partial charge in [-0.2, -0.15) is 4.98 Å². The van der Waals surface area contributed by atoms with Crippen LogP contribution in [0.3, 0.4) is 0 Å². The molecule has 1 heterocycles. The number of hydrogen-bond acceptors (Lipinski definition) is 5. The topological polar surface area (TPSA) is 74.2 Å². The van der Waals surface area contributed by atoms with Gasteiger partial charge in [-0.05, 0) is 32.1 Å². The Labute approximate surface area is 127 Å². The number of nitrogens with two attached hydrogens (primary N) is 1. The van der Waals surface area contributed by atoms with Crippen LogP contribution in [0.15, 0.2) is 4.52 Å². The van der Waals surface area contributed by atoms with E-state index in [2.05, 4.69) is 17.1 Å². The smallest absolute Gasteiger partial charge is 0.231 e. The van der Waals surface area contributed by atoms with E-state index in [1.54, 1.807) is 0 Å². The van der Waals surface area contributed by atoms with E-state index in [-0.39, 0.29) is 18.1 Å². The lowest BCUT2D eigenvalue weighted by Gasteiger charge is -2.27. The average Bonchev–Trinajstić information content (AvgIpc) is 3.01. The summed E-state index contributed by atoms with van der Waals surface area (Å²) in [5.74, 6) is 1.94. The zero-order valence-corrected chi connectivity index (χ0v) is 13.5. The van der Waals surface area contributed by atoms with E-state index in [0.29, 0.717) is 24.2 Å². The maximum Gasteiger partial charge on any atom is 0.231 e. The molecule has 21 heavy (non-hydrogen) atoms. The van der Waals surface area contributed by atoms with Crippen LogP contribution in [0.5, 0.6) is 0 Å². The van der Waals surface area contributed by atoms with Crippen LogP contribution in [0.1, 0.15) is 83.0 Å². The molecular formula is C16H29N3O2. The molecule has 3 atom stereocenters. The molecule has 0 aromatic carbocycles. The van der Waals surface area contributed by atoms with Crippen LogP contribution < -0.4 is 5.73 Å². The molecule has 2 rings (SSSR count). The second-order valence-electron chi connectivity index (χ2n) is 6.13. The molecule has 1 aliphatic rings. The van der Waals surface area contributed by atoms with Gasteiger partial charge in [0.15, 0.2) is 0 Å². The quantitative estimate of drug-likeness (QED) is 0.832. The molecule has 1 aliphatic carbocycles. The summed E-state index contributed by atoms with van der Waals surface area (Å²) in [6.45, 7) is 6.81. The van der Waals surface area contributed by atoms with Crippen LogP contribution in [-0.2, 0) is 4.74 Å². The zero-order chi connectivity index (χ0) is 15.2. The van der Waals surface area contributed by atoms with Crippen LogP contribution in [-0.4, -0.2) is 22.8 Å². The highest BCUT2D eigenvalue weighted by atomic mass is 16.5. The number of nitrogens with zero attached hydrogens (tertiary/aromatic N) is 2. The Morgan fingerprint density at radius 3 is 2.62 bits per heavy atom. The van der Waals surface area contributed by atoms with Gasteiger partial charge in [0, 0.05) is 12.6 Å². The second kappa shape index (κ2) is 7.90. The first kappa shape index (κ1) is 16.4. The van der Waals surface area contributed by atoms with Crippen LogP contribution in [0.2, 0.25) is 0 Å². The molecule has 1 fully saturated rings. The van der Waals surface area contributed by atoms with Crippen molar-refractivity contribution >= 4 is 0 Å². The Morgan fingerprint density at radius 1 is 1.29 bits per heavy atom. The summed E-state index contributed by atoms with van der Waals surface area (Å²) >= 11 is 0. The van der Waals surface area contributed by atoms with Gasteiger partial charge in [0.05, 0.1) is 5.92 Å². The van der Waals surface area contributed by atoms with Crippen molar-refractivity contribution in [2.75, 3.05) is 6.61 Å². The molecular weight excluding hydrogens is 266 g/mol. The largest absolute Gasteiger partial charge is 0.370 e. The minimum atomic E-state index is -0.0298. The molecule has 3 unspecified atom stereocenters. The molecule has 0 radical (unpaired) electrons. The maximum absolute atomic E-state index is 6.08. The monoisotopic (exact) mass is 295 g/mol. The highest BCUT2D eigenvalue weighted by molar-refractivity contribution is 5.00. The number of rotatable bonds is 7. The highest BCUT2D eigenvalue weighted by Gasteiger charge is 2.30. The van der Waals surface area contributed by atoms with Crippen LogP contribution >= 0.6 is 0 Å². The highest BCUT2D eigenvalue weighted by Crippen LogP contribution is 2.36. The van der Waals surface area contributed by atoms with Gasteiger partial charge in [0.1, 0.15) is 6.10 Å². The predicted octanol–water partition coefficient (Wildman–Crippen LogP) is 3.57. The van der Waals surface area contributed by atoms with Crippen LogP contribution in [0, 0.1) is 5.92 Å². The second-order valence-corrected chi connectivity index (χ2v) is 6.13. The third-order valence-corrected chi connectivity index (χ3v) is 4.64. The fourth-order valence-electron chi connectivity index (χ4n) is 3.12. The Bertz CT molecular complexity index is 415. The van der Waals surface area contributed by atoms with Crippen molar-refractivity contribution in [1.82, 2.24) is 10.1 Å². The van der Waals surface area contributed by atoms with Gasteiger partial charge >= 0.3 is 0 Å². The van der Waals surface area contributed by atoms with E-state index in [4.69, 9.17) is 15.0 Å². The number of hydrogen-bond donors (Lipinski definition) is 1. The molecule has 0 amide bonds. The maximum atomic E-state index is 6.08. The molecule has 0 spiro atoms. The minimum absolute atomic E-state index is 0.0298. The van der Waals surface area contributed by atoms with Gasteiger partial charge in [-0.3, -0.25) is 0 Å². The van der Waals surface area contributed by atoms with Gasteiger partial charge in [-0.1, -0.05) is 38.3 Å². The molecule has 1 aromatic rings. The normalized spacial score (nSPS) is 21.1. The van der Waals surface area contributed by atoms with E-state index in [1.165, 1.54) is 32.1 Å². The van der Waals surface area contributed by atoms with Crippen LogP contribution in [0.4, 0.5) is 0 Å². The van der Waals surface area contributed by atoms with Crippen molar-refractivity contribution in [3.05, 3.63) is 11.7 Å². The van der Waals surface area contributed by atoms with Crippen LogP contribution in [0.25, 0.3) is 0 Å². The van der Waals surface area contributed by atoms with E-state index < -0.39 is 0 Å². The number of aromatic nitrogens is 2. The van der Waals surface area contributed by atoms with Crippen molar-refractivity contribution < 1.29 is 9.26 Å². The van der Waals surface area contributed by atoms with Gasteiger partial charge in [-0.25, -0.2) is 0 Å². The van der Waals surface area contributed by atoms with Gasteiger partial charge in [0.25, 0.3) is 0 Å². The SMILES string of the molecule is CCOC(c1noc(C(C)C(N)CC)n1)C1CCCCC1. The lowest BCUT2D eigenvalue weighted by atomic mass is 9.85. The standard InChI is InChI=1S/C16H29N3O2/c1-4-13(17)11(3)16-18-15(19-21-16)14(20-5-2)12-9-7-6-8-10-12/h11-14H,4-10,17H2,1-3H3. The Hall–Kier alpha value is -0.940. The first-order valence-electron chi connectivity index (χ1n) is 8.38. The third kappa shape index (κ3) is 4.04. The van der Waals surface area contributed by atoms with E-state index in [1.807, 2.05) is 13.8 Å². The van der Waals surface area contributed by atoms with E-state index in [0.717, 1.165) is 6.42 Å². The lowest BCUT2D eigenvalue weighted by Crippen LogP contribution is -2.26. The van der Waals surface area contributed by atoms with Crippen molar-refractivity contribution in [2.45, 2.75) is 77.4 Å². The summed E-state index contributed by atoms with van der Waals surface area (Å²) in [5.41, 5.74) is 6.08. The third-order valence-electron chi connectivity index (χ3n) is 4.64. The summed E-state index contributed by atoms with van der Waals surface area (Å²) in [5, 5.41) is 4.18. The summed E-state index contributed by atoms with van der Waals surface area (Å²) < 4.78 is 11.4. The molecule has 120 valence electrons. The van der Waals surface area contributed by atoms with Crippen molar-refractivity contribution in [1.29, 1.82) is 0 Å². The van der Waals surface area contributed by atoms with Crippen molar-refractivity contribution in [3.63, 3.8) is 0 Å². The lowest BCUT2D eigenvalue weighted by molar-refractivity contribution is -0.00145. The molecule has 1 aromatic heterocycles. The summed E-state index contributed by atoms with van der Waals surface area (Å²) in [6, 6.07) is 0.0542. The van der Waals surface area contributed by atoms with Crippen molar-refractivity contribution in [2.24, 2.45) is 11.7 Å². The number of ether oxygens (including phenoxy) is 1. The summed E-state index contributed by atoms with van der Waals surface area (Å²) in [7, 11) is 0. The first-order valence-corrected chi connectivity index (χ1v) is 8.38. The molecule has 5 nitrogen and oxygen atoms in total. The van der Waals surface area contributed by atoms with E-state index in [9.17, 15) is 0 Å². The Balaban J connectivity index is 2.11. The fraction of sp³-hybridized carbons (Fsp3) is 0.875. The molecule has 0 aliphatic heterocycles. The first-order chi connectivity index (χ1) is 10.2. The minimum Gasteiger partial charge on any atom is -0.370 e. The Kier molecular flexibility index (Phi) is 6.18. The molecule has 2 N–H and O–H groups in total. The molecule has 1 saturated carbocycles. The predicted molar refractivity (Wildman–Crippen MR) is 81.9 cm³/mol. The Morgan fingerprint density at radius 2 is 2.00 bits per heavy atom. The summed E-state index contributed by atoms with van der Waals surface area (Å²) in [4.78, 5) is 4.59. The molecule has 0 bridgehead atoms. The van der Waals surface area contributed by atoms with Gasteiger partial charge in [-0.15, -0.1) is 0 Å². The average molecular weight is 295 g/mol. The van der Waals surface area contributed by atoms with Gasteiger partial charge in [0.2, 0.25) is 11.7 Å². The van der Waals surface area contributed by atoms with Crippen molar-refractivity contribution in [3.8, 4) is 0 Å². The molecule has 0 saturated heterocycles. The summed E-state index contributed by atoms with van der Waals surface area (Å²) in [6.07, 6.45) is 7.13. The van der Waals surface area contributed by atoms with Gasteiger partial charge < -0.3 is 15.0 Å². The fourth-order valence-corrected chi connectivity index (χ4v) is 3.12. The van der Waals surface area contributed by atoms with E-state index >= 15 is 0 Å².